The minimum Gasteiger partial charge on any atom is -0.496 e. The third-order valence-corrected chi connectivity index (χ3v) is 4.73. The van der Waals surface area contributed by atoms with Crippen molar-refractivity contribution in [2.75, 3.05) is 38.2 Å². The van der Waals surface area contributed by atoms with Gasteiger partial charge in [0.2, 0.25) is 5.91 Å². The van der Waals surface area contributed by atoms with E-state index in [9.17, 15) is 19.5 Å². The Balaban J connectivity index is 3.07. The third-order valence-electron chi connectivity index (χ3n) is 3.87. The summed E-state index contributed by atoms with van der Waals surface area (Å²) in [5.74, 6) is -0.759. The van der Waals surface area contributed by atoms with E-state index in [-0.39, 0.29) is 22.9 Å². The van der Waals surface area contributed by atoms with Crippen LogP contribution in [0.3, 0.4) is 0 Å². The lowest BCUT2D eigenvalue weighted by Gasteiger charge is -2.20. The molecule has 0 bridgehead atoms. The Labute approximate surface area is 166 Å². The molecule has 0 saturated carbocycles. The fourth-order valence-corrected chi connectivity index (χ4v) is 3.14. The summed E-state index contributed by atoms with van der Waals surface area (Å²) >= 11 is 1.89. The minimum atomic E-state index is -1.39. The molecule has 0 radical (unpaired) electrons. The van der Waals surface area contributed by atoms with Gasteiger partial charge in [-0.05, 0) is 41.7 Å². The third kappa shape index (κ3) is 5.56. The Kier molecular flexibility index (Phi) is 8.79. The number of anilines is 1. The van der Waals surface area contributed by atoms with E-state index in [0.29, 0.717) is 15.0 Å². The first kappa shape index (κ1) is 22.2. The molecule has 8 nitrogen and oxygen atoms in total. The number of benzene rings is 1. The Morgan fingerprint density at radius 2 is 1.85 bits per heavy atom. The average Bonchev–Trinajstić information content (AvgIpc) is 2.59. The van der Waals surface area contributed by atoms with Gasteiger partial charge in [0, 0.05) is 29.6 Å². The van der Waals surface area contributed by atoms with Crippen molar-refractivity contribution in [2.45, 2.75) is 20.8 Å². The summed E-state index contributed by atoms with van der Waals surface area (Å²) in [4.78, 5) is 38.3. The molecule has 0 aliphatic rings. The van der Waals surface area contributed by atoms with Gasteiger partial charge in [0.1, 0.15) is 5.75 Å². The standard InChI is InChI=1S/C17H24IN3O5/c1-5-20(6-2)8-7-19-16(23)12-9-13(18)14(10-15(12)26-4)21(11(3)22)17(24)25/h9-10H,5-8H2,1-4H3,(H,19,23)(H,24,25). The van der Waals surface area contributed by atoms with Crippen LogP contribution in [-0.2, 0) is 4.79 Å². The Morgan fingerprint density at radius 3 is 2.31 bits per heavy atom. The van der Waals surface area contributed by atoms with Gasteiger partial charge in [0.05, 0.1) is 18.4 Å². The van der Waals surface area contributed by atoms with Gasteiger partial charge in [-0.25, -0.2) is 9.69 Å². The number of amides is 3. The van der Waals surface area contributed by atoms with Gasteiger partial charge in [-0.1, -0.05) is 13.8 Å². The number of nitrogens with zero attached hydrogens (tertiary/aromatic N) is 2. The second-order valence-corrected chi connectivity index (χ2v) is 6.59. The molecule has 1 rings (SSSR count). The van der Waals surface area contributed by atoms with Crippen LogP contribution in [-0.4, -0.2) is 61.2 Å². The summed E-state index contributed by atoms with van der Waals surface area (Å²) in [5.41, 5.74) is 0.441. The van der Waals surface area contributed by atoms with Gasteiger partial charge < -0.3 is 20.1 Å². The van der Waals surface area contributed by atoms with E-state index in [0.717, 1.165) is 26.6 Å². The molecule has 0 heterocycles. The van der Waals surface area contributed by atoms with Crippen LogP contribution in [0.1, 0.15) is 31.1 Å². The molecule has 9 heteroatoms. The van der Waals surface area contributed by atoms with Gasteiger partial charge in [-0.15, -0.1) is 0 Å². The first-order valence-electron chi connectivity index (χ1n) is 8.18. The molecule has 0 aliphatic heterocycles. The molecule has 1 aromatic carbocycles. The maximum atomic E-state index is 12.5. The molecule has 0 unspecified atom stereocenters. The zero-order valence-electron chi connectivity index (χ0n) is 15.3. The summed E-state index contributed by atoms with van der Waals surface area (Å²) in [6.07, 6.45) is -1.39. The van der Waals surface area contributed by atoms with E-state index in [2.05, 4.69) is 24.1 Å². The number of methoxy groups -OCH3 is 1. The maximum Gasteiger partial charge on any atom is 0.418 e. The molecule has 0 fully saturated rings. The fourth-order valence-electron chi connectivity index (χ4n) is 2.43. The summed E-state index contributed by atoms with van der Waals surface area (Å²) in [6.45, 7) is 8.28. The van der Waals surface area contributed by atoms with Gasteiger partial charge in [0.15, 0.2) is 0 Å². The maximum absolute atomic E-state index is 12.5. The lowest BCUT2D eigenvalue weighted by molar-refractivity contribution is -0.116. The van der Waals surface area contributed by atoms with Crippen LogP contribution in [0.5, 0.6) is 5.75 Å². The van der Waals surface area contributed by atoms with Crippen LogP contribution in [0.2, 0.25) is 0 Å². The number of hydrogen-bond donors (Lipinski definition) is 2. The molecule has 0 aromatic heterocycles. The van der Waals surface area contributed by atoms with E-state index in [1.54, 1.807) is 0 Å². The van der Waals surface area contributed by atoms with E-state index < -0.39 is 12.0 Å². The van der Waals surface area contributed by atoms with Crippen LogP contribution < -0.4 is 15.0 Å². The van der Waals surface area contributed by atoms with Crippen molar-refractivity contribution in [1.82, 2.24) is 10.2 Å². The van der Waals surface area contributed by atoms with Crippen LogP contribution in [0.4, 0.5) is 10.5 Å². The SMILES string of the molecule is CCN(CC)CCNC(=O)c1cc(I)c(N(C(C)=O)C(=O)O)cc1OC. The summed E-state index contributed by atoms with van der Waals surface area (Å²) in [5, 5.41) is 12.1. The van der Waals surface area contributed by atoms with E-state index >= 15 is 0 Å². The number of likely N-dealkylation sites (N-methyl/N-ethyl adjacent to an activating group) is 1. The predicted octanol–water partition coefficient (Wildman–Crippen LogP) is 2.40. The molecular formula is C17H24IN3O5. The molecule has 3 amide bonds. The zero-order valence-corrected chi connectivity index (χ0v) is 17.5. The van der Waals surface area contributed by atoms with Gasteiger partial charge in [-0.3, -0.25) is 9.59 Å². The summed E-state index contributed by atoms with van der Waals surface area (Å²) in [7, 11) is 1.39. The van der Waals surface area contributed by atoms with Crippen LogP contribution in [0.25, 0.3) is 0 Å². The second kappa shape index (κ2) is 10.3. The molecule has 26 heavy (non-hydrogen) atoms. The molecule has 0 spiro atoms. The topological polar surface area (TPSA) is 99.2 Å². The summed E-state index contributed by atoms with van der Waals surface area (Å²) in [6, 6.07) is 2.90. The number of imide groups is 1. The minimum absolute atomic E-state index is 0.155. The predicted molar refractivity (Wildman–Crippen MR) is 107 cm³/mol. The number of hydrogen-bond acceptors (Lipinski definition) is 5. The van der Waals surface area contributed by atoms with E-state index in [1.807, 2.05) is 22.6 Å². The van der Waals surface area contributed by atoms with Crippen molar-refractivity contribution < 1.29 is 24.2 Å². The highest BCUT2D eigenvalue weighted by molar-refractivity contribution is 14.1. The zero-order chi connectivity index (χ0) is 19.9. The second-order valence-electron chi connectivity index (χ2n) is 5.42. The normalized spacial score (nSPS) is 10.5. The van der Waals surface area contributed by atoms with Gasteiger partial charge in [0.25, 0.3) is 5.91 Å². The van der Waals surface area contributed by atoms with Crippen LogP contribution in [0.15, 0.2) is 12.1 Å². The Morgan fingerprint density at radius 1 is 1.23 bits per heavy atom. The number of nitrogens with one attached hydrogen (secondary N) is 1. The number of carboxylic acid groups (broad SMARTS) is 1. The fraction of sp³-hybridized carbons (Fsp3) is 0.471. The van der Waals surface area contributed by atoms with Crippen LogP contribution >= 0.6 is 22.6 Å². The lowest BCUT2D eigenvalue weighted by atomic mass is 10.1. The van der Waals surface area contributed by atoms with Crippen LogP contribution in [0, 0.1) is 3.57 Å². The molecule has 144 valence electrons. The number of carbonyl (C=O) groups excluding carboxylic acids is 2. The molecule has 0 saturated heterocycles. The molecule has 1 aromatic rings. The molecule has 2 N–H and O–H groups in total. The monoisotopic (exact) mass is 477 g/mol. The van der Waals surface area contributed by atoms with Crippen molar-refractivity contribution in [2.24, 2.45) is 0 Å². The largest absolute Gasteiger partial charge is 0.496 e. The Bertz CT molecular complexity index is 663. The number of carbonyl (C=O) groups is 3. The van der Waals surface area contributed by atoms with E-state index in [1.165, 1.54) is 19.2 Å². The van der Waals surface area contributed by atoms with E-state index in [4.69, 9.17) is 4.74 Å². The van der Waals surface area contributed by atoms with Crippen molar-refractivity contribution in [3.05, 3.63) is 21.3 Å². The highest BCUT2D eigenvalue weighted by Gasteiger charge is 2.25. The van der Waals surface area contributed by atoms with Crippen molar-refractivity contribution in [3.63, 3.8) is 0 Å². The van der Waals surface area contributed by atoms with Crippen molar-refractivity contribution in [3.8, 4) is 5.75 Å². The van der Waals surface area contributed by atoms with Crippen molar-refractivity contribution in [1.29, 1.82) is 0 Å². The lowest BCUT2D eigenvalue weighted by Crippen LogP contribution is -2.35. The molecule has 0 atom stereocenters. The summed E-state index contributed by atoms with van der Waals surface area (Å²) < 4.78 is 5.69. The van der Waals surface area contributed by atoms with Gasteiger partial charge in [-0.2, -0.15) is 0 Å². The number of rotatable bonds is 8. The Hall–Kier alpha value is -1.88. The van der Waals surface area contributed by atoms with Crippen molar-refractivity contribution >= 4 is 46.2 Å². The van der Waals surface area contributed by atoms with Gasteiger partial charge >= 0.3 is 6.09 Å². The number of ether oxygens (including phenoxy) is 1. The first-order chi connectivity index (χ1) is 12.3. The molecule has 0 aliphatic carbocycles. The smallest absolute Gasteiger partial charge is 0.418 e. The highest BCUT2D eigenvalue weighted by atomic mass is 127. The quantitative estimate of drug-likeness (QED) is 0.558. The first-order valence-corrected chi connectivity index (χ1v) is 9.26. The highest BCUT2D eigenvalue weighted by Crippen LogP contribution is 2.31. The average molecular weight is 477 g/mol. The molecular weight excluding hydrogens is 453 g/mol. The number of halogens is 1.